The molecule has 2 aromatic carbocycles. The van der Waals surface area contributed by atoms with Crippen molar-refractivity contribution in [1.82, 2.24) is 9.97 Å². The van der Waals surface area contributed by atoms with Crippen molar-refractivity contribution in [3.05, 3.63) is 60.7 Å². The summed E-state index contributed by atoms with van der Waals surface area (Å²) in [4.78, 5) is 22.8. The first-order chi connectivity index (χ1) is 13.6. The second-order valence-electron chi connectivity index (χ2n) is 6.36. The average molecular weight is 375 g/mol. The van der Waals surface area contributed by atoms with Gasteiger partial charge in [0.05, 0.1) is 5.69 Å². The minimum absolute atomic E-state index is 0.0899. The molecule has 144 valence electrons. The van der Waals surface area contributed by atoms with E-state index in [-0.39, 0.29) is 5.91 Å². The van der Waals surface area contributed by atoms with Gasteiger partial charge in [-0.2, -0.15) is 4.98 Å². The Bertz CT molecular complexity index is 921. The summed E-state index contributed by atoms with van der Waals surface area (Å²) in [5.74, 6) is 1.33. The van der Waals surface area contributed by atoms with Crippen molar-refractivity contribution in [1.29, 1.82) is 0 Å². The molecule has 1 heterocycles. The quantitative estimate of drug-likeness (QED) is 0.627. The molecule has 2 N–H and O–H groups in total. The Morgan fingerprint density at radius 3 is 2.18 bits per heavy atom. The van der Waals surface area contributed by atoms with Gasteiger partial charge in [0.2, 0.25) is 11.9 Å². The normalized spacial score (nSPS) is 10.4. The zero-order valence-corrected chi connectivity index (χ0v) is 16.4. The van der Waals surface area contributed by atoms with Crippen LogP contribution in [0.15, 0.2) is 60.7 Å². The molecule has 6 nitrogen and oxygen atoms in total. The molecule has 0 spiro atoms. The number of hydrogen-bond donors (Lipinski definition) is 2. The molecule has 0 radical (unpaired) electrons. The molecule has 0 aliphatic heterocycles. The van der Waals surface area contributed by atoms with Gasteiger partial charge in [-0.15, -0.1) is 0 Å². The highest BCUT2D eigenvalue weighted by Crippen LogP contribution is 2.25. The number of carbonyl (C=O) groups is 1. The maximum absolute atomic E-state index is 11.2. The van der Waals surface area contributed by atoms with Crippen LogP contribution in [0.4, 0.5) is 23.1 Å². The molecule has 0 unspecified atom stereocenters. The van der Waals surface area contributed by atoms with Gasteiger partial charge >= 0.3 is 0 Å². The van der Waals surface area contributed by atoms with Crippen LogP contribution >= 0.6 is 0 Å². The Morgan fingerprint density at radius 1 is 0.929 bits per heavy atom. The fourth-order valence-electron chi connectivity index (χ4n) is 2.89. The third-order valence-corrected chi connectivity index (χ3v) is 4.31. The molecule has 0 bridgehead atoms. The van der Waals surface area contributed by atoms with Crippen molar-refractivity contribution in [2.24, 2.45) is 0 Å². The zero-order chi connectivity index (χ0) is 19.9. The van der Waals surface area contributed by atoms with Gasteiger partial charge < -0.3 is 15.5 Å². The highest BCUT2D eigenvalue weighted by atomic mass is 16.1. The van der Waals surface area contributed by atoms with E-state index >= 15 is 0 Å². The Balaban J connectivity index is 1.93. The lowest BCUT2D eigenvalue weighted by Crippen LogP contribution is -2.24. The van der Waals surface area contributed by atoms with Crippen LogP contribution in [0, 0.1) is 0 Å². The molecular weight excluding hydrogens is 350 g/mol. The fraction of sp³-hybridized carbons (Fsp3) is 0.227. The summed E-state index contributed by atoms with van der Waals surface area (Å²) in [7, 11) is 0. The largest absolute Gasteiger partial charge is 0.341 e. The van der Waals surface area contributed by atoms with Crippen molar-refractivity contribution < 1.29 is 4.79 Å². The first-order valence-electron chi connectivity index (χ1n) is 9.43. The molecule has 0 aliphatic rings. The molecule has 0 saturated carbocycles. The summed E-state index contributed by atoms with van der Waals surface area (Å²) < 4.78 is 0. The van der Waals surface area contributed by atoms with E-state index in [9.17, 15) is 4.79 Å². The van der Waals surface area contributed by atoms with E-state index in [4.69, 9.17) is 9.97 Å². The van der Waals surface area contributed by atoms with Crippen molar-refractivity contribution in [2.45, 2.75) is 20.8 Å². The van der Waals surface area contributed by atoms with Gasteiger partial charge in [-0.05, 0) is 38.1 Å². The van der Waals surface area contributed by atoms with Crippen molar-refractivity contribution in [2.75, 3.05) is 28.6 Å². The van der Waals surface area contributed by atoms with E-state index in [0.29, 0.717) is 5.95 Å². The van der Waals surface area contributed by atoms with Crippen molar-refractivity contribution >= 4 is 29.0 Å². The Hall–Kier alpha value is -3.41. The smallest absolute Gasteiger partial charge is 0.227 e. The number of amides is 1. The third kappa shape index (κ3) is 4.85. The first kappa shape index (κ1) is 19.4. The van der Waals surface area contributed by atoms with Gasteiger partial charge in [-0.25, -0.2) is 4.98 Å². The Kier molecular flexibility index (Phi) is 6.22. The van der Waals surface area contributed by atoms with Crippen LogP contribution in [-0.2, 0) is 4.79 Å². The lowest BCUT2D eigenvalue weighted by atomic mass is 10.1. The molecule has 0 saturated heterocycles. The standard InChI is InChI=1S/C22H25N5O/c1-4-27(5-2)22-25-20(17-9-7-6-8-10-17)15-21(26-22)24-19-13-11-18(12-14-19)23-16(3)28/h6-15H,4-5H2,1-3H3,(H,23,28)(H,24,25,26). The van der Waals surface area contributed by atoms with Crippen molar-refractivity contribution in [3.63, 3.8) is 0 Å². The molecule has 1 amide bonds. The van der Waals surface area contributed by atoms with E-state index in [2.05, 4.69) is 29.4 Å². The van der Waals surface area contributed by atoms with Crippen LogP contribution in [0.3, 0.4) is 0 Å². The molecule has 1 aromatic heterocycles. The topological polar surface area (TPSA) is 70.2 Å². The monoisotopic (exact) mass is 375 g/mol. The van der Waals surface area contributed by atoms with Crippen molar-refractivity contribution in [3.8, 4) is 11.3 Å². The second kappa shape index (κ2) is 8.99. The van der Waals surface area contributed by atoms with Gasteiger partial charge in [0.1, 0.15) is 5.82 Å². The minimum atomic E-state index is -0.0899. The maximum atomic E-state index is 11.2. The first-order valence-corrected chi connectivity index (χ1v) is 9.43. The number of rotatable bonds is 7. The zero-order valence-electron chi connectivity index (χ0n) is 16.4. The number of aromatic nitrogens is 2. The Labute approximate surface area is 165 Å². The molecule has 6 heteroatoms. The predicted molar refractivity (Wildman–Crippen MR) is 115 cm³/mol. The summed E-state index contributed by atoms with van der Waals surface area (Å²) in [5.41, 5.74) is 3.56. The van der Waals surface area contributed by atoms with Crippen LogP contribution in [0.25, 0.3) is 11.3 Å². The van der Waals surface area contributed by atoms with Crippen LogP contribution < -0.4 is 15.5 Å². The predicted octanol–water partition coefficient (Wildman–Crippen LogP) is 4.69. The van der Waals surface area contributed by atoms with Gasteiger partial charge in [-0.1, -0.05) is 30.3 Å². The molecule has 3 rings (SSSR count). The molecule has 0 atom stereocenters. The van der Waals surface area contributed by atoms with E-state index in [1.54, 1.807) is 0 Å². The highest BCUT2D eigenvalue weighted by Gasteiger charge is 2.11. The fourth-order valence-corrected chi connectivity index (χ4v) is 2.89. The average Bonchev–Trinajstić information content (AvgIpc) is 2.71. The summed E-state index contributed by atoms with van der Waals surface area (Å²) in [6.07, 6.45) is 0. The lowest BCUT2D eigenvalue weighted by Gasteiger charge is -2.20. The number of anilines is 4. The number of carbonyl (C=O) groups excluding carboxylic acids is 1. The number of nitrogens with one attached hydrogen (secondary N) is 2. The lowest BCUT2D eigenvalue weighted by molar-refractivity contribution is -0.114. The molecule has 0 aliphatic carbocycles. The number of hydrogen-bond acceptors (Lipinski definition) is 5. The van der Waals surface area contributed by atoms with Crippen LogP contribution in [0.5, 0.6) is 0 Å². The van der Waals surface area contributed by atoms with E-state index in [1.165, 1.54) is 6.92 Å². The summed E-state index contributed by atoms with van der Waals surface area (Å²) in [5, 5.41) is 6.11. The maximum Gasteiger partial charge on any atom is 0.227 e. The van der Waals surface area contributed by atoms with Gasteiger partial charge in [0.15, 0.2) is 0 Å². The second-order valence-corrected chi connectivity index (χ2v) is 6.36. The number of nitrogens with zero attached hydrogens (tertiary/aromatic N) is 3. The van der Waals surface area contributed by atoms with E-state index < -0.39 is 0 Å². The van der Waals surface area contributed by atoms with E-state index in [0.717, 1.165) is 41.5 Å². The molecule has 0 fully saturated rings. The van der Waals surface area contributed by atoms with Crippen LogP contribution in [-0.4, -0.2) is 29.0 Å². The highest BCUT2D eigenvalue weighted by molar-refractivity contribution is 5.88. The molecule has 3 aromatic rings. The van der Waals surface area contributed by atoms with Gasteiger partial charge in [-0.3, -0.25) is 4.79 Å². The number of benzene rings is 2. The van der Waals surface area contributed by atoms with Crippen LogP contribution in [0.2, 0.25) is 0 Å². The minimum Gasteiger partial charge on any atom is -0.341 e. The summed E-state index contributed by atoms with van der Waals surface area (Å²) in [6, 6.07) is 19.6. The summed E-state index contributed by atoms with van der Waals surface area (Å²) >= 11 is 0. The van der Waals surface area contributed by atoms with Crippen LogP contribution in [0.1, 0.15) is 20.8 Å². The summed E-state index contributed by atoms with van der Waals surface area (Å²) in [6.45, 7) is 7.35. The third-order valence-electron chi connectivity index (χ3n) is 4.31. The Morgan fingerprint density at radius 2 is 1.57 bits per heavy atom. The van der Waals surface area contributed by atoms with Gasteiger partial charge in [0, 0.05) is 43.0 Å². The van der Waals surface area contributed by atoms with Gasteiger partial charge in [0.25, 0.3) is 0 Å². The van der Waals surface area contributed by atoms with E-state index in [1.807, 2.05) is 60.7 Å². The molecule has 28 heavy (non-hydrogen) atoms. The molecular formula is C22H25N5O. The SMILES string of the molecule is CCN(CC)c1nc(Nc2ccc(NC(C)=O)cc2)cc(-c2ccccc2)n1.